The highest BCUT2D eigenvalue weighted by Crippen LogP contribution is 2.49. The van der Waals surface area contributed by atoms with Gasteiger partial charge in [0.15, 0.2) is 0 Å². The van der Waals surface area contributed by atoms with Crippen LogP contribution in [0.2, 0.25) is 0 Å². The van der Waals surface area contributed by atoms with Crippen molar-refractivity contribution < 1.29 is 12.8 Å². The molecule has 3 aromatic carbocycles. The summed E-state index contributed by atoms with van der Waals surface area (Å²) in [7, 11) is -1.96. The van der Waals surface area contributed by atoms with Gasteiger partial charge < -0.3 is 4.90 Å². The van der Waals surface area contributed by atoms with Crippen molar-refractivity contribution in [3.63, 3.8) is 0 Å². The lowest BCUT2D eigenvalue weighted by Crippen LogP contribution is -2.43. The lowest BCUT2D eigenvalue weighted by molar-refractivity contribution is 0.166. The fourth-order valence-electron chi connectivity index (χ4n) is 5.56. The van der Waals surface area contributed by atoms with E-state index in [2.05, 4.69) is 29.2 Å². The Morgan fingerprint density at radius 1 is 0.972 bits per heavy atom. The van der Waals surface area contributed by atoms with Gasteiger partial charge in [0.05, 0.1) is 4.90 Å². The number of rotatable bonds is 8. The van der Waals surface area contributed by atoms with E-state index in [-0.39, 0.29) is 17.2 Å². The summed E-state index contributed by atoms with van der Waals surface area (Å²) in [6, 6.07) is 23.9. The maximum Gasteiger partial charge on any atom is 0.242 e. The Labute approximate surface area is 218 Å². The molecule has 0 aromatic heterocycles. The molecule has 2 aliphatic rings. The van der Waals surface area contributed by atoms with Gasteiger partial charge in [0.25, 0.3) is 0 Å². The van der Waals surface area contributed by atoms with Crippen LogP contribution in [-0.2, 0) is 15.4 Å². The lowest BCUT2D eigenvalue weighted by Gasteiger charge is -2.40. The summed E-state index contributed by atoms with van der Waals surface area (Å²) >= 11 is 1.99. The van der Waals surface area contributed by atoms with Crippen LogP contribution >= 0.6 is 11.8 Å². The van der Waals surface area contributed by atoms with Gasteiger partial charge in [-0.1, -0.05) is 48.5 Å². The van der Waals surface area contributed by atoms with E-state index >= 15 is 0 Å². The molecule has 0 radical (unpaired) electrons. The van der Waals surface area contributed by atoms with Crippen LogP contribution in [0, 0.1) is 5.82 Å². The smallest absolute Gasteiger partial charge is 0.242 e. The maximum absolute atomic E-state index is 13.6. The van der Waals surface area contributed by atoms with Crippen LogP contribution in [0.25, 0.3) is 0 Å². The second kappa shape index (κ2) is 10.7. The van der Waals surface area contributed by atoms with Crippen LogP contribution in [0.1, 0.15) is 36.3 Å². The Kier molecular flexibility index (Phi) is 7.54. The van der Waals surface area contributed by atoms with Crippen LogP contribution in [0.15, 0.2) is 88.7 Å². The molecule has 1 fully saturated rings. The van der Waals surface area contributed by atoms with E-state index in [1.807, 2.05) is 17.8 Å². The first-order valence-electron chi connectivity index (χ1n) is 12.6. The molecule has 7 heteroatoms. The monoisotopic (exact) mass is 524 g/mol. The SMILES string of the molecule is CN(C[C@@H](CCN1CCC2(CC1)CSc1ccccc12)c1ccc(F)cc1)S(=O)(=O)c1ccccc1. The van der Waals surface area contributed by atoms with Gasteiger partial charge in [0.2, 0.25) is 10.0 Å². The summed E-state index contributed by atoms with van der Waals surface area (Å²) in [6.45, 7) is 3.34. The van der Waals surface area contributed by atoms with Crippen LogP contribution < -0.4 is 0 Å². The third kappa shape index (κ3) is 5.25. The van der Waals surface area contributed by atoms with Crippen LogP contribution in [0.5, 0.6) is 0 Å². The molecule has 190 valence electrons. The Morgan fingerprint density at radius 2 is 1.64 bits per heavy atom. The van der Waals surface area contributed by atoms with Crippen LogP contribution in [-0.4, -0.2) is 56.6 Å². The van der Waals surface area contributed by atoms with Crippen molar-refractivity contribution in [1.82, 2.24) is 9.21 Å². The predicted octanol–water partition coefficient (Wildman–Crippen LogP) is 5.76. The average Bonchev–Trinajstić information content (AvgIpc) is 3.26. The third-order valence-electron chi connectivity index (χ3n) is 7.84. The minimum Gasteiger partial charge on any atom is -0.303 e. The van der Waals surface area contributed by atoms with E-state index in [0.717, 1.165) is 44.5 Å². The number of likely N-dealkylation sites (N-methyl/N-ethyl adjacent to an activating group) is 1. The zero-order valence-corrected chi connectivity index (χ0v) is 22.3. The fraction of sp³-hybridized carbons (Fsp3) is 0.379. The average molecular weight is 525 g/mol. The largest absolute Gasteiger partial charge is 0.303 e. The zero-order valence-electron chi connectivity index (χ0n) is 20.6. The van der Waals surface area contributed by atoms with Gasteiger partial charge in [-0.3, -0.25) is 0 Å². The van der Waals surface area contributed by atoms with E-state index in [9.17, 15) is 12.8 Å². The van der Waals surface area contributed by atoms with Crippen molar-refractivity contribution in [1.29, 1.82) is 0 Å². The van der Waals surface area contributed by atoms with Crippen LogP contribution in [0.4, 0.5) is 4.39 Å². The fourth-order valence-corrected chi connectivity index (χ4v) is 8.29. The number of nitrogens with zero attached hydrogens (tertiary/aromatic N) is 2. The van der Waals surface area contributed by atoms with Crippen molar-refractivity contribution in [2.45, 2.75) is 40.4 Å². The Morgan fingerprint density at radius 3 is 2.36 bits per heavy atom. The Bertz CT molecular complexity index is 1270. The normalized spacial score (nSPS) is 18.4. The molecule has 1 saturated heterocycles. The van der Waals surface area contributed by atoms with Gasteiger partial charge in [0.1, 0.15) is 5.82 Å². The Hall–Kier alpha value is -2.19. The van der Waals surface area contributed by atoms with Gasteiger partial charge in [-0.2, -0.15) is 0 Å². The highest BCUT2D eigenvalue weighted by atomic mass is 32.2. The predicted molar refractivity (Wildman–Crippen MR) is 145 cm³/mol. The molecule has 0 amide bonds. The summed E-state index contributed by atoms with van der Waals surface area (Å²) in [4.78, 5) is 4.24. The minimum absolute atomic E-state index is 0.0206. The summed E-state index contributed by atoms with van der Waals surface area (Å²) in [5, 5.41) is 0. The van der Waals surface area contributed by atoms with E-state index in [0.29, 0.717) is 11.4 Å². The number of halogens is 1. The quantitative estimate of drug-likeness (QED) is 0.376. The first-order chi connectivity index (χ1) is 17.4. The van der Waals surface area contributed by atoms with E-state index in [1.54, 1.807) is 43.4 Å². The molecule has 1 spiro atoms. The van der Waals surface area contributed by atoms with E-state index in [1.165, 1.54) is 32.6 Å². The highest BCUT2D eigenvalue weighted by molar-refractivity contribution is 7.99. The molecule has 2 aliphatic heterocycles. The minimum atomic E-state index is -3.59. The summed E-state index contributed by atoms with van der Waals surface area (Å²) in [5.74, 6) is 0.868. The number of piperidine rings is 1. The van der Waals surface area contributed by atoms with Gasteiger partial charge in [-0.05, 0) is 86.3 Å². The van der Waals surface area contributed by atoms with Gasteiger partial charge in [-0.25, -0.2) is 17.1 Å². The number of thioether (sulfide) groups is 1. The molecule has 0 unspecified atom stereocenters. The van der Waals surface area contributed by atoms with Crippen molar-refractivity contribution in [3.8, 4) is 0 Å². The lowest BCUT2D eigenvalue weighted by atomic mass is 9.74. The first kappa shape index (κ1) is 25.5. The number of fused-ring (bicyclic) bond motifs is 2. The van der Waals surface area contributed by atoms with E-state index < -0.39 is 10.0 Å². The number of likely N-dealkylation sites (tertiary alicyclic amines) is 1. The van der Waals surface area contributed by atoms with Crippen LogP contribution in [0.3, 0.4) is 0 Å². The summed E-state index contributed by atoms with van der Waals surface area (Å²) in [6.07, 6.45) is 3.12. The summed E-state index contributed by atoms with van der Waals surface area (Å²) < 4.78 is 41.4. The second-order valence-corrected chi connectivity index (χ2v) is 13.1. The van der Waals surface area contributed by atoms with Crippen molar-refractivity contribution >= 4 is 21.8 Å². The van der Waals surface area contributed by atoms with Gasteiger partial charge in [0, 0.05) is 29.7 Å². The molecule has 36 heavy (non-hydrogen) atoms. The molecule has 0 saturated carbocycles. The molecule has 4 nitrogen and oxygen atoms in total. The molecule has 2 heterocycles. The van der Waals surface area contributed by atoms with Crippen molar-refractivity contribution in [3.05, 3.63) is 95.8 Å². The number of sulfonamides is 1. The van der Waals surface area contributed by atoms with Gasteiger partial charge >= 0.3 is 0 Å². The molecule has 1 atom stereocenters. The Balaban J connectivity index is 1.26. The number of hydrogen-bond donors (Lipinski definition) is 0. The second-order valence-electron chi connectivity index (χ2n) is 10.0. The highest BCUT2D eigenvalue weighted by Gasteiger charge is 2.41. The molecular formula is C29H33FN2O2S2. The standard InChI is InChI=1S/C29H33FN2O2S2/c1-31(36(33,34)26-7-3-2-4-8-26)21-24(23-11-13-25(30)14-12-23)15-18-32-19-16-29(17-20-32)22-35-28-10-6-5-9-27(28)29/h2-14,24H,15-22H2,1H3/t24-/m1/s1. The number of benzene rings is 3. The molecule has 3 aromatic rings. The van der Waals surface area contributed by atoms with E-state index in [4.69, 9.17) is 0 Å². The number of hydrogen-bond acceptors (Lipinski definition) is 4. The molecule has 0 bridgehead atoms. The zero-order chi connectivity index (χ0) is 25.2. The topological polar surface area (TPSA) is 40.6 Å². The summed E-state index contributed by atoms with van der Waals surface area (Å²) in [5.41, 5.74) is 2.78. The maximum atomic E-state index is 13.6. The first-order valence-corrected chi connectivity index (χ1v) is 15.0. The third-order valence-corrected chi connectivity index (χ3v) is 11.0. The molecule has 0 N–H and O–H groups in total. The molecule has 5 rings (SSSR count). The molecular weight excluding hydrogens is 491 g/mol. The van der Waals surface area contributed by atoms with Gasteiger partial charge in [-0.15, -0.1) is 11.8 Å². The molecule has 0 aliphatic carbocycles. The van der Waals surface area contributed by atoms with Crippen molar-refractivity contribution in [2.75, 3.05) is 39.0 Å². The van der Waals surface area contributed by atoms with Crippen molar-refractivity contribution in [2.24, 2.45) is 0 Å².